The summed E-state index contributed by atoms with van der Waals surface area (Å²) in [4.78, 5) is 36.6. The Morgan fingerprint density at radius 2 is 1.88 bits per heavy atom. The number of aryl methyl sites for hydroxylation is 1. The van der Waals surface area contributed by atoms with Gasteiger partial charge in [0.15, 0.2) is 0 Å². The van der Waals surface area contributed by atoms with Gasteiger partial charge in [-0.15, -0.1) is 0 Å². The van der Waals surface area contributed by atoms with Crippen molar-refractivity contribution in [3.8, 4) is 0 Å². The molecule has 0 spiro atoms. The van der Waals surface area contributed by atoms with Gasteiger partial charge >= 0.3 is 5.97 Å². The number of carbonyl (C=O) groups is 2. The van der Waals surface area contributed by atoms with Crippen LogP contribution in [0, 0.1) is 17.0 Å². The Kier molecular flexibility index (Phi) is 6.54. The molecule has 0 aliphatic heterocycles. The molecule has 174 valence electrons. The first-order valence-electron chi connectivity index (χ1n) is 9.98. The molecule has 0 aliphatic rings. The van der Waals surface area contributed by atoms with Crippen molar-refractivity contribution < 1.29 is 27.7 Å². The van der Waals surface area contributed by atoms with Gasteiger partial charge in [0.05, 0.1) is 35.1 Å². The minimum Gasteiger partial charge on any atom is -0.465 e. The van der Waals surface area contributed by atoms with Crippen LogP contribution in [0.2, 0.25) is 0 Å². The number of fused-ring (bicyclic) bond motifs is 1. The van der Waals surface area contributed by atoms with Crippen molar-refractivity contribution in [2.24, 2.45) is 0 Å². The van der Waals surface area contributed by atoms with Crippen molar-refractivity contribution in [3.05, 3.63) is 69.9 Å². The van der Waals surface area contributed by atoms with Crippen molar-refractivity contribution in [2.45, 2.75) is 26.3 Å². The van der Waals surface area contributed by atoms with Crippen molar-refractivity contribution >= 4 is 44.2 Å². The molecule has 10 nitrogen and oxygen atoms in total. The van der Waals surface area contributed by atoms with Crippen molar-refractivity contribution in [3.63, 3.8) is 0 Å². The first kappa shape index (κ1) is 23.9. The van der Waals surface area contributed by atoms with Crippen LogP contribution in [0.15, 0.2) is 48.7 Å². The van der Waals surface area contributed by atoms with Crippen LogP contribution in [-0.2, 0) is 14.8 Å². The standard InChI is InChI=1S/C22H23N3O7S/c1-5-18(24(33(4,30)31)20-12-15(25(28)29)11-10-14(20)2)21(26)23-13-17(22(27)32-3)16-8-6-7-9-19(16)23/h6-13,18H,5H2,1-4H3. The summed E-state index contributed by atoms with van der Waals surface area (Å²) in [5.74, 6) is -1.25. The number of benzene rings is 2. The molecule has 0 bridgehead atoms. The number of esters is 1. The molecular formula is C22H23N3O7S. The molecule has 11 heteroatoms. The molecule has 3 rings (SSSR count). The third-order valence-electron chi connectivity index (χ3n) is 5.31. The molecule has 2 aromatic carbocycles. The number of hydrogen-bond donors (Lipinski definition) is 0. The zero-order valence-electron chi connectivity index (χ0n) is 18.5. The molecule has 1 unspecified atom stereocenters. The molecule has 1 atom stereocenters. The quantitative estimate of drug-likeness (QED) is 0.292. The van der Waals surface area contributed by atoms with E-state index in [1.54, 1.807) is 38.1 Å². The zero-order valence-corrected chi connectivity index (χ0v) is 19.3. The molecule has 3 aromatic rings. The number of nitrogens with zero attached hydrogens (tertiary/aromatic N) is 3. The monoisotopic (exact) mass is 473 g/mol. The van der Waals surface area contributed by atoms with Crippen LogP contribution in [0.3, 0.4) is 0 Å². The molecule has 0 N–H and O–H groups in total. The highest BCUT2D eigenvalue weighted by molar-refractivity contribution is 7.92. The predicted octanol–water partition coefficient (Wildman–Crippen LogP) is 3.53. The van der Waals surface area contributed by atoms with Crippen LogP contribution in [0.1, 0.15) is 34.1 Å². The average molecular weight is 474 g/mol. The highest BCUT2D eigenvalue weighted by Crippen LogP contribution is 2.31. The SMILES string of the molecule is CCC(C(=O)n1cc(C(=O)OC)c2ccccc21)N(c1cc([N+](=O)[O-])ccc1C)S(C)(=O)=O. The van der Waals surface area contributed by atoms with E-state index in [4.69, 9.17) is 4.74 Å². The fourth-order valence-corrected chi connectivity index (χ4v) is 5.02. The lowest BCUT2D eigenvalue weighted by Gasteiger charge is -2.31. The Hall–Kier alpha value is -3.73. The second kappa shape index (κ2) is 9.02. The van der Waals surface area contributed by atoms with Crippen LogP contribution >= 0.6 is 0 Å². The molecule has 1 aromatic heterocycles. The van der Waals surface area contributed by atoms with Gasteiger partial charge in [-0.3, -0.25) is 23.8 Å². The number of hydrogen-bond acceptors (Lipinski definition) is 7. The van der Waals surface area contributed by atoms with E-state index in [2.05, 4.69) is 0 Å². The van der Waals surface area contributed by atoms with E-state index in [9.17, 15) is 28.1 Å². The normalized spacial score (nSPS) is 12.4. The Bertz CT molecular complexity index is 1360. The Morgan fingerprint density at radius 1 is 1.21 bits per heavy atom. The van der Waals surface area contributed by atoms with E-state index in [1.165, 1.54) is 30.0 Å². The van der Waals surface area contributed by atoms with E-state index in [-0.39, 0.29) is 23.4 Å². The zero-order chi connectivity index (χ0) is 24.5. The molecule has 0 radical (unpaired) electrons. The smallest absolute Gasteiger partial charge is 0.340 e. The maximum absolute atomic E-state index is 13.7. The van der Waals surface area contributed by atoms with Gasteiger partial charge in [-0.2, -0.15) is 0 Å². The van der Waals surface area contributed by atoms with E-state index in [1.807, 2.05) is 0 Å². The number of non-ortho nitro benzene ring substituents is 1. The lowest BCUT2D eigenvalue weighted by Crippen LogP contribution is -2.46. The minimum absolute atomic E-state index is 0.0385. The average Bonchev–Trinajstić information content (AvgIpc) is 3.16. The number of ether oxygens (including phenoxy) is 1. The highest BCUT2D eigenvalue weighted by Gasteiger charge is 2.35. The third-order valence-corrected chi connectivity index (χ3v) is 6.47. The summed E-state index contributed by atoms with van der Waals surface area (Å²) >= 11 is 0. The topological polar surface area (TPSA) is 129 Å². The third kappa shape index (κ3) is 4.44. The summed E-state index contributed by atoms with van der Waals surface area (Å²) < 4.78 is 32.6. The fraction of sp³-hybridized carbons (Fsp3) is 0.273. The summed E-state index contributed by atoms with van der Waals surface area (Å²) in [6.45, 7) is 3.25. The Balaban J connectivity index is 2.22. The summed E-state index contributed by atoms with van der Waals surface area (Å²) in [6.07, 6.45) is 2.34. The summed E-state index contributed by atoms with van der Waals surface area (Å²) in [5.41, 5.74) is 0.756. The number of aromatic nitrogens is 1. The highest BCUT2D eigenvalue weighted by atomic mass is 32.2. The maximum atomic E-state index is 13.7. The number of para-hydroxylation sites is 1. The second-order valence-corrected chi connectivity index (χ2v) is 9.33. The number of anilines is 1. The number of carbonyl (C=O) groups excluding carboxylic acids is 2. The molecule has 0 saturated carbocycles. The van der Waals surface area contributed by atoms with Crippen LogP contribution in [-0.4, -0.2) is 49.2 Å². The molecule has 0 fully saturated rings. The Labute approximate surface area is 190 Å². The number of rotatable bonds is 7. The number of methoxy groups -OCH3 is 1. The van der Waals surface area contributed by atoms with E-state index in [0.717, 1.165) is 16.6 Å². The van der Waals surface area contributed by atoms with Crippen molar-refractivity contribution in [1.82, 2.24) is 4.57 Å². The van der Waals surface area contributed by atoms with E-state index < -0.39 is 32.9 Å². The first-order chi connectivity index (χ1) is 15.5. The van der Waals surface area contributed by atoms with Gasteiger partial charge in [-0.25, -0.2) is 13.2 Å². The molecule has 0 amide bonds. The second-order valence-electron chi connectivity index (χ2n) is 7.47. The van der Waals surface area contributed by atoms with Crippen LogP contribution in [0.25, 0.3) is 10.9 Å². The predicted molar refractivity (Wildman–Crippen MR) is 123 cm³/mol. The molecular weight excluding hydrogens is 450 g/mol. The minimum atomic E-state index is -4.03. The number of sulfonamides is 1. The number of nitro groups is 1. The maximum Gasteiger partial charge on any atom is 0.340 e. The van der Waals surface area contributed by atoms with Gasteiger partial charge in [0.2, 0.25) is 10.0 Å². The lowest BCUT2D eigenvalue weighted by molar-refractivity contribution is -0.384. The molecule has 33 heavy (non-hydrogen) atoms. The molecule has 0 saturated heterocycles. The van der Waals surface area contributed by atoms with Crippen LogP contribution in [0.4, 0.5) is 11.4 Å². The van der Waals surface area contributed by atoms with Gasteiger partial charge in [-0.05, 0) is 25.0 Å². The first-order valence-corrected chi connectivity index (χ1v) is 11.8. The number of nitro benzene ring substituents is 1. The van der Waals surface area contributed by atoms with Crippen molar-refractivity contribution in [1.29, 1.82) is 0 Å². The van der Waals surface area contributed by atoms with Gasteiger partial charge in [0.1, 0.15) is 6.04 Å². The summed E-state index contributed by atoms with van der Waals surface area (Å²) in [5, 5.41) is 11.8. The van der Waals surface area contributed by atoms with Crippen LogP contribution in [0.5, 0.6) is 0 Å². The fourth-order valence-electron chi connectivity index (χ4n) is 3.76. The van der Waals surface area contributed by atoms with Gasteiger partial charge in [-0.1, -0.05) is 31.2 Å². The summed E-state index contributed by atoms with van der Waals surface area (Å²) in [6, 6.07) is 9.31. The van der Waals surface area contributed by atoms with Gasteiger partial charge in [0.25, 0.3) is 11.6 Å². The van der Waals surface area contributed by atoms with E-state index >= 15 is 0 Å². The Morgan fingerprint density at radius 3 is 2.45 bits per heavy atom. The molecule has 0 aliphatic carbocycles. The van der Waals surface area contributed by atoms with Crippen molar-refractivity contribution in [2.75, 3.05) is 17.7 Å². The van der Waals surface area contributed by atoms with Gasteiger partial charge < -0.3 is 4.74 Å². The largest absolute Gasteiger partial charge is 0.465 e. The summed E-state index contributed by atoms with van der Waals surface area (Å²) in [7, 11) is -2.81. The van der Waals surface area contributed by atoms with Gasteiger partial charge in [0, 0.05) is 23.7 Å². The lowest BCUT2D eigenvalue weighted by atomic mass is 10.1. The van der Waals surface area contributed by atoms with E-state index in [0.29, 0.717) is 16.5 Å². The molecule has 1 heterocycles. The van der Waals surface area contributed by atoms with Crippen LogP contribution < -0.4 is 4.31 Å².